The molecule has 4 aliphatic heterocycles. The van der Waals surface area contributed by atoms with Crippen molar-refractivity contribution in [3.05, 3.63) is 59.7 Å². The molecule has 4 aliphatic rings. The predicted octanol–water partition coefficient (Wildman–Crippen LogP) is 2.93. The number of fused-ring (bicyclic) bond motifs is 1. The van der Waals surface area contributed by atoms with Crippen molar-refractivity contribution >= 4 is 11.6 Å². The number of rotatable bonds is 4. The smallest absolute Gasteiger partial charge is 0.257 e. The number of nitrogens with zero attached hydrogens (tertiary/aromatic N) is 3. The number of carbonyl (C=O) groups excluding carboxylic acids is 1. The number of hydrazone groups is 1. The van der Waals surface area contributed by atoms with Gasteiger partial charge in [0.25, 0.3) is 5.91 Å². The van der Waals surface area contributed by atoms with E-state index in [1.807, 2.05) is 48.5 Å². The Balaban J connectivity index is 1.22. The highest BCUT2D eigenvalue weighted by molar-refractivity contribution is 6.03. The van der Waals surface area contributed by atoms with Crippen LogP contribution in [0.5, 0.6) is 11.5 Å². The van der Waals surface area contributed by atoms with E-state index in [1.54, 1.807) is 5.01 Å². The molecular formula is C25H27N3O5. The second-order valence-electron chi connectivity index (χ2n) is 8.87. The van der Waals surface area contributed by atoms with Crippen molar-refractivity contribution in [3.8, 4) is 11.5 Å². The fraction of sp³-hybridized carbons (Fsp3) is 0.440. The molecule has 0 aromatic heterocycles. The van der Waals surface area contributed by atoms with Crippen LogP contribution >= 0.6 is 0 Å². The van der Waals surface area contributed by atoms with Crippen LogP contribution in [0.2, 0.25) is 0 Å². The number of hydrogen-bond acceptors (Lipinski definition) is 7. The number of benzene rings is 2. The average Bonchev–Trinajstić information content (AvgIpc) is 3.61. The Labute approximate surface area is 192 Å². The molecule has 2 aromatic carbocycles. The summed E-state index contributed by atoms with van der Waals surface area (Å²) in [4.78, 5) is 15.7. The molecule has 0 aliphatic carbocycles. The molecule has 172 valence electrons. The first-order chi connectivity index (χ1) is 16.2. The molecule has 8 heteroatoms. The van der Waals surface area contributed by atoms with Crippen LogP contribution in [0.25, 0.3) is 0 Å². The van der Waals surface area contributed by atoms with E-state index in [-0.39, 0.29) is 18.7 Å². The molecule has 2 aromatic rings. The van der Waals surface area contributed by atoms with E-state index in [0.717, 1.165) is 48.5 Å². The summed E-state index contributed by atoms with van der Waals surface area (Å²) < 4.78 is 22.7. The molecule has 1 atom stereocenters. The Kier molecular flexibility index (Phi) is 5.28. The third kappa shape index (κ3) is 3.99. The minimum absolute atomic E-state index is 0.00666. The third-order valence-electron chi connectivity index (χ3n) is 6.84. The predicted molar refractivity (Wildman–Crippen MR) is 120 cm³/mol. The summed E-state index contributed by atoms with van der Waals surface area (Å²) >= 11 is 0. The van der Waals surface area contributed by atoms with Crippen molar-refractivity contribution < 1.29 is 23.7 Å². The van der Waals surface area contributed by atoms with Crippen molar-refractivity contribution in [2.45, 2.75) is 31.1 Å². The zero-order valence-electron chi connectivity index (χ0n) is 18.4. The molecule has 0 bridgehead atoms. The van der Waals surface area contributed by atoms with Gasteiger partial charge in [-0.05, 0) is 23.3 Å². The Bertz CT molecular complexity index is 1060. The molecule has 1 amide bonds. The summed E-state index contributed by atoms with van der Waals surface area (Å²) in [6, 6.07) is 15.7. The van der Waals surface area contributed by atoms with Crippen LogP contribution < -0.4 is 9.47 Å². The quantitative estimate of drug-likeness (QED) is 0.715. The van der Waals surface area contributed by atoms with E-state index in [9.17, 15) is 4.79 Å². The number of amides is 1. The minimum Gasteiger partial charge on any atom is -0.454 e. The van der Waals surface area contributed by atoms with Crippen molar-refractivity contribution in [1.29, 1.82) is 0 Å². The summed E-state index contributed by atoms with van der Waals surface area (Å²) in [5.74, 6) is 0.997. The molecule has 1 unspecified atom stereocenters. The largest absolute Gasteiger partial charge is 0.454 e. The van der Waals surface area contributed by atoms with Gasteiger partial charge >= 0.3 is 0 Å². The molecule has 0 saturated carbocycles. The Morgan fingerprint density at radius 2 is 1.76 bits per heavy atom. The molecule has 0 N–H and O–H groups in total. The molecule has 33 heavy (non-hydrogen) atoms. The van der Waals surface area contributed by atoms with E-state index in [0.29, 0.717) is 31.9 Å². The SMILES string of the molecule is O=C(CN1CCC2(CC1)OCCO2)N1N=C(c2ccccc2)CC1c1ccc2c(c1)OCO2. The van der Waals surface area contributed by atoms with Crippen LogP contribution in [-0.4, -0.2) is 67.0 Å². The second-order valence-corrected chi connectivity index (χ2v) is 8.87. The number of likely N-dealkylation sites (tertiary alicyclic amines) is 1. The fourth-order valence-electron chi connectivity index (χ4n) is 5.03. The third-order valence-corrected chi connectivity index (χ3v) is 6.84. The van der Waals surface area contributed by atoms with Crippen LogP contribution in [0, 0.1) is 0 Å². The second kappa shape index (κ2) is 8.44. The van der Waals surface area contributed by atoms with Gasteiger partial charge in [-0.2, -0.15) is 5.10 Å². The highest BCUT2D eigenvalue weighted by Crippen LogP contribution is 2.39. The molecular weight excluding hydrogens is 422 g/mol. The Morgan fingerprint density at radius 1 is 1.00 bits per heavy atom. The Hall–Kier alpha value is -2.94. The molecule has 1 spiro atoms. The van der Waals surface area contributed by atoms with Crippen molar-refractivity contribution in [1.82, 2.24) is 9.91 Å². The highest BCUT2D eigenvalue weighted by Gasteiger charge is 2.41. The van der Waals surface area contributed by atoms with Crippen molar-refractivity contribution in [2.75, 3.05) is 39.6 Å². The van der Waals surface area contributed by atoms with E-state index in [2.05, 4.69) is 4.90 Å². The lowest BCUT2D eigenvalue weighted by Crippen LogP contribution is -2.48. The van der Waals surface area contributed by atoms with E-state index < -0.39 is 5.79 Å². The summed E-state index contributed by atoms with van der Waals surface area (Å²) in [7, 11) is 0. The summed E-state index contributed by atoms with van der Waals surface area (Å²) in [6.07, 6.45) is 2.22. The number of hydrogen-bond donors (Lipinski definition) is 0. The van der Waals surface area contributed by atoms with E-state index in [1.165, 1.54) is 0 Å². The maximum atomic E-state index is 13.5. The first-order valence-corrected chi connectivity index (χ1v) is 11.5. The summed E-state index contributed by atoms with van der Waals surface area (Å²) in [5, 5.41) is 6.46. The van der Waals surface area contributed by atoms with Gasteiger partial charge in [-0.15, -0.1) is 0 Å². The monoisotopic (exact) mass is 449 g/mol. The van der Waals surface area contributed by atoms with Gasteiger partial charge in [-0.25, -0.2) is 5.01 Å². The van der Waals surface area contributed by atoms with Crippen LogP contribution in [0.4, 0.5) is 0 Å². The average molecular weight is 450 g/mol. The molecule has 8 nitrogen and oxygen atoms in total. The lowest BCUT2D eigenvalue weighted by atomic mass is 9.98. The van der Waals surface area contributed by atoms with Crippen LogP contribution in [0.1, 0.15) is 36.4 Å². The summed E-state index contributed by atoms with van der Waals surface area (Å²) in [6.45, 7) is 3.39. The standard InChI is InChI=1S/C25H27N3O5/c29-24(16-27-10-8-25(9-11-27)32-12-13-33-25)28-21(15-20(26-28)18-4-2-1-3-5-18)19-6-7-22-23(14-19)31-17-30-22/h1-7,14,21H,8-13,15-17H2. The maximum absolute atomic E-state index is 13.5. The first kappa shape index (κ1) is 20.7. The van der Waals surface area contributed by atoms with Gasteiger partial charge in [0, 0.05) is 32.4 Å². The summed E-state index contributed by atoms with van der Waals surface area (Å²) in [5.41, 5.74) is 2.94. The van der Waals surface area contributed by atoms with E-state index in [4.69, 9.17) is 24.0 Å². The zero-order chi connectivity index (χ0) is 22.3. The lowest BCUT2D eigenvalue weighted by Gasteiger charge is -2.37. The molecule has 2 saturated heterocycles. The molecule has 4 heterocycles. The van der Waals surface area contributed by atoms with Crippen LogP contribution in [-0.2, 0) is 14.3 Å². The minimum atomic E-state index is -0.444. The van der Waals surface area contributed by atoms with Gasteiger partial charge in [0.1, 0.15) is 0 Å². The lowest BCUT2D eigenvalue weighted by molar-refractivity contribution is -0.186. The van der Waals surface area contributed by atoms with Gasteiger partial charge in [-0.3, -0.25) is 9.69 Å². The van der Waals surface area contributed by atoms with Crippen molar-refractivity contribution in [2.24, 2.45) is 5.10 Å². The highest BCUT2D eigenvalue weighted by atomic mass is 16.7. The van der Waals surface area contributed by atoms with Gasteiger partial charge in [0.15, 0.2) is 17.3 Å². The topological polar surface area (TPSA) is 72.8 Å². The number of ether oxygens (including phenoxy) is 4. The Morgan fingerprint density at radius 3 is 2.55 bits per heavy atom. The van der Waals surface area contributed by atoms with Gasteiger partial charge in [-0.1, -0.05) is 36.4 Å². The molecule has 2 fully saturated rings. The van der Waals surface area contributed by atoms with Gasteiger partial charge in [0.05, 0.1) is 31.5 Å². The van der Waals surface area contributed by atoms with Gasteiger partial charge < -0.3 is 18.9 Å². The number of piperidine rings is 1. The van der Waals surface area contributed by atoms with E-state index >= 15 is 0 Å². The molecule has 0 radical (unpaired) electrons. The van der Waals surface area contributed by atoms with Crippen molar-refractivity contribution in [3.63, 3.8) is 0 Å². The zero-order valence-corrected chi connectivity index (χ0v) is 18.4. The number of carbonyl (C=O) groups is 1. The first-order valence-electron chi connectivity index (χ1n) is 11.5. The van der Waals surface area contributed by atoms with Crippen LogP contribution in [0.15, 0.2) is 53.6 Å². The maximum Gasteiger partial charge on any atom is 0.257 e. The van der Waals surface area contributed by atoms with Crippen LogP contribution in [0.3, 0.4) is 0 Å². The van der Waals surface area contributed by atoms with Gasteiger partial charge in [0.2, 0.25) is 6.79 Å². The normalized spacial score (nSPS) is 23.8. The fourth-order valence-corrected chi connectivity index (χ4v) is 5.03. The molecule has 6 rings (SSSR count).